The van der Waals surface area contributed by atoms with E-state index in [1.54, 1.807) is 37.6 Å². The molecule has 1 aromatic heterocycles. The molecule has 1 atom stereocenters. The third kappa shape index (κ3) is 3.53. The van der Waals surface area contributed by atoms with Crippen molar-refractivity contribution in [1.29, 1.82) is 0 Å². The quantitative estimate of drug-likeness (QED) is 0.831. The highest BCUT2D eigenvalue weighted by Gasteiger charge is 2.34. The zero-order chi connectivity index (χ0) is 16.3. The van der Waals surface area contributed by atoms with Crippen LogP contribution in [0.2, 0.25) is 0 Å². The molecular formula is C16H21N3O3S. The van der Waals surface area contributed by atoms with Gasteiger partial charge in [-0.1, -0.05) is 6.07 Å². The van der Waals surface area contributed by atoms with Gasteiger partial charge in [0.1, 0.15) is 0 Å². The molecule has 1 aliphatic heterocycles. The van der Waals surface area contributed by atoms with Crippen LogP contribution in [0.15, 0.2) is 41.4 Å². The van der Waals surface area contributed by atoms with Gasteiger partial charge in [0.2, 0.25) is 10.0 Å². The van der Waals surface area contributed by atoms with Crippen LogP contribution in [0, 0.1) is 0 Å². The number of hydrogen-bond acceptors (Lipinski definition) is 5. The Kier molecular flexibility index (Phi) is 4.63. The molecule has 3 rings (SSSR count). The van der Waals surface area contributed by atoms with Gasteiger partial charge in [0, 0.05) is 25.2 Å². The van der Waals surface area contributed by atoms with Gasteiger partial charge in [0.15, 0.2) is 0 Å². The van der Waals surface area contributed by atoms with Gasteiger partial charge in [-0.3, -0.25) is 4.98 Å². The molecule has 0 amide bonds. The molecule has 1 aromatic carbocycles. The first kappa shape index (κ1) is 16.3. The highest BCUT2D eigenvalue weighted by atomic mass is 32.2. The number of nitrogens with one attached hydrogen (secondary N) is 2. The smallest absolute Gasteiger partial charge is 0.240 e. The normalized spacial score (nSPS) is 21.8. The number of benzene rings is 1. The van der Waals surface area contributed by atoms with Crippen LogP contribution in [0.4, 0.5) is 0 Å². The summed E-state index contributed by atoms with van der Waals surface area (Å²) in [4.78, 5) is 4.46. The second-order valence-electron chi connectivity index (χ2n) is 5.93. The number of sulfonamides is 1. The molecule has 1 aliphatic rings. The molecule has 2 heterocycles. The summed E-state index contributed by atoms with van der Waals surface area (Å²) in [6.07, 6.45) is 3.60. The van der Waals surface area contributed by atoms with Crippen LogP contribution in [0.5, 0.6) is 0 Å². The molecule has 0 saturated carbocycles. The van der Waals surface area contributed by atoms with Crippen molar-refractivity contribution in [2.24, 2.45) is 0 Å². The SMILES string of the molecule is COCC1(CNS(=O)(=O)c2ccc3ncccc3c2)CCCN1. The Morgan fingerprint density at radius 2 is 2.26 bits per heavy atom. The first-order chi connectivity index (χ1) is 11.0. The van der Waals surface area contributed by atoms with E-state index in [2.05, 4.69) is 15.0 Å². The number of fused-ring (bicyclic) bond motifs is 1. The zero-order valence-corrected chi connectivity index (χ0v) is 13.9. The van der Waals surface area contributed by atoms with Crippen molar-refractivity contribution < 1.29 is 13.2 Å². The summed E-state index contributed by atoms with van der Waals surface area (Å²) >= 11 is 0. The van der Waals surface area contributed by atoms with Gasteiger partial charge in [0.25, 0.3) is 0 Å². The van der Waals surface area contributed by atoms with E-state index in [1.807, 2.05) is 6.07 Å². The molecule has 0 aliphatic carbocycles. The molecule has 1 saturated heterocycles. The number of methoxy groups -OCH3 is 1. The fourth-order valence-corrected chi connectivity index (χ4v) is 4.17. The van der Waals surface area contributed by atoms with E-state index in [9.17, 15) is 8.42 Å². The molecule has 0 radical (unpaired) electrons. The van der Waals surface area contributed by atoms with Crippen molar-refractivity contribution in [3.8, 4) is 0 Å². The van der Waals surface area contributed by atoms with E-state index < -0.39 is 10.0 Å². The lowest BCUT2D eigenvalue weighted by molar-refractivity contribution is 0.122. The van der Waals surface area contributed by atoms with E-state index in [-0.39, 0.29) is 10.4 Å². The Balaban J connectivity index is 1.80. The van der Waals surface area contributed by atoms with Gasteiger partial charge in [-0.15, -0.1) is 0 Å². The topological polar surface area (TPSA) is 80.3 Å². The third-order valence-corrected chi connectivity index (χ3v) is 5.64. The molecule has 7 heteroatoms. The summed E-state index contributed by atoms with van der Waals surface area (Å²) in [6, 6.07) is 8.61. The van der Waals surface area contributed by atoms with Gasteiger partial charge in [0.05, 0.1) is 22.6 Å². The van der Waals surface area contributed by atoms with Crippen LogP contribution in [0.25, 0.3) is 10.9 Å². The van der Waals surface area contributed by atoms with E-state index in [0.29, 0.717) is 13.2 Å². The maximum atomic E-state index is 12.6. The predicted octanol–water partition coefficient (Wildman–Crippen LogP) is 1.28. The highest BCUT2D eigenvalue weighted by molar-refractivity contribution is 7.89. The zero-order valence-electron chi connectivity index (χ0n) is 13.1. The van der Waals surface area contributed by atoms with Crippen molar-refractivity contribution >= 4 is 20.9 Å². The average Bonchev–Trinajstić information content (AvgIpc) is 3.02. The van der Waals surface area contributed by atoms with E-state index >= 15 is 0 Å². The summed E-state index contributed by atoms with van der Waals surface area (Å²) in [7, 11) is -1.94. The minimum absolute atomic E-state index is 0.253. The number of aromatic nitrogens is 1. The van der Waals surface area contributed by atoms with Crippen LogP contribution in [-0.2, 0) is 14.8 Å². The Morgan fingerprint density at radius 3 is 3.00 bits per heavy atom. The molecule has 2 N–H and O–H groups in total. The Hall–Kier alpha value is -1.54. The molecule has 0 spiro atoms. The number of hydrogen-bond donors (Lipinski definition) is 2. The fraction of sp³-hybridized carbons (Fsp3) is 0.438. The number of pyridine rings is 1. The maximum absolute atomic E-state index is 12.6. The summed E-state index contributed by atoms with van der Waals surface area (Å²) in [5.41, 5.74) is 0.458. The lowest BCUT2D eigenvalue weighted by Crippen LogP contribution is -2.52. The standard InChI is InChI=1S/C16H21N3O3S/c1-22-12-16(7-3-9-18-16)11-19-23(20,21)14-5-6-15-13(10-14)4-2-8-17-15/h2,4-6,8,10,18-19H,3,7,9,11-12H2,1H3. The van der Waals surface area contributed by atoms with Crippen LogP contribution in [0.3, 0.4) is 0 Å². The third-order valence-electron chi connectivity index (χ3n) is 4.24. The Labute approximate surface area is 136 Å². The van der Waals surface area contributed by atoms with Crippen LogP contribution >= 0.6 is 0 Å². The molecule has 124 valence electrons. The van der Waals surface area contributed by atoms with E-state index in [0.717, 1.165) is 30.3 Å². The van der Waals surface area contributed by atoms with Crippen molar-refractivity contribution in [2.45, 2.75) is 23.3 Å². The summed E-state index contributed by atoms with van der Waals surface area (Å²) in [5, 5.41) is 4.17. The lowest BCUT2D eigenvalue weighted by atomic mass is 9.99. The van der Waals surface area contributed by atoms with Crippen molar-refractivity contribution in [1.82, 2.24) is 15.0 Å². The predicted molar refractivity (Wildman–Crippen MR) is 88.8 cm³/mol. The van der Waals surface area contributed by atoms with Gasteiger partial charge in [-0.25, -0.2) is 13.1 Å². The van der Waals surface area contributed by atoms with Crippen LogP contribution in [-0.4, -0.2) is 45.7 Å². The fourth-order valence-electron chi connectivity index (χ4n) is 3.01. The van der Waals surface area contributed by atoms with Gasteiger partial charge >= 0.3 is 0 Å². The minimum atomic E-state index is -3.57. The highest BCUT2D eigenvalue weighted by Crippen LogP contribution is 2.21. The molecular weight excluding hydrogens is 314 g/mol. The molecule has 0 bridgehead atoms. The average molecular weight is 335 g/mol. The molecule has 1 unspecified atom stereocenters. The maximum Gasteiger partial charge on any atom is 0.240 e. The lowest BCUT2D eigenvalue weighted by Gasteiger charge is -2.28. The number of nitrogens with zero attached hydrogens (tertiary/aromatic N) is 1. The van der Waals surface area contributed by atoms with Crippen LogP contribution < -0.4 is 10.0 Å². The first-order valence-corrected chi connectivity index (χ1v) is 9.11. The number of ether oxygens (including phenoxy) is 1. The largest absolute Gasteiger partial charge is 0.383 e. The number of rotatable bonds is 6. The molecule has 1 fully saturated rings. The molecule has 2 aromatic rings. The Morgan fingerprint density at radius 1 is 1.39 bits per heavy atom. The van der Waals surface area contributed by atoms with Crippen molar-refractivity contribution in [2.75, 3.05) is 26.8 Å². The van der Waals surface area contributed by atoms with Gasteiger partial charge < -0.3 is 10.1 Å². The first-order valence-electron chi connectivity index (χ1n) is 7.63. The monoisotopic (exact) mass is 335 g/mol. The summed E-state index contributed by atoms with van der Waals surface area (Å²) in [6.45, 7) is 1.68. The minimum Gasteiger partial charge on any atom is -0.383 e. The molecule has 23 heavy (non-hydrogen) atoms. The summed E-state index contributed by atoms with van der Waals surface area (Å²) in [5.74, 6) is 0. The van der Waals surface area contributed by atoms with Crippen LogP contribution in [0.1, 0.15) is 12.8 Å². The molecule has 6 nitrogen and oxygen atoms in total. The van der Waals surface area contributed by atoms with Gasteiger partial charge in [-0.05, 0) is 43.7 Å². The Bertz CT molecular complexity index is 786. The van der Waals surface area contributed by atoms with Crippen molar-refractivity contribution in [3.05, 3.63) is 36.5 Å². The van der Waals surface area contributed by atoms with Gasteiger partial charge in [-0.2, -0.15) is 0 Å². The summed E-state index contributed by atoms with van der Waals surface area (Å²) < 4.78 is 33.1. The van der Waals surface area contributed by atoms with Crippen molar-refractivity contribution in [3.63, 3.8) is 0 Å². The second kappa shape index (κ2) is 6.52. The second-order valence-corrected chi connectivity index (χ2v) is 7.69. The van der Waals surface area contributed by atoms with E-state index in [4.69, 9.17) is 4.74 Å². The van der Waals surface area contributed by atoms with E-state index in [1.165, 1.54) is 0 Å².